The molecule has 25 heavy (non-hydrogen) atoms. The highest BCUT2D eigenvalue weighted by molar-refractivity contribution is 6.04. The molecule has 0 fully saturated rings. The van der Waals surface area contributed by atoms with Crippen LogP contribution in [0.2, 0.25) is 0 Å². The quantitative estimate of drug-likeness (QED) is 0.831. The molecular formula is C18H16ClF3N2O. The molecule has 2 aromatic rings. The van der Waals surface area contributed by atoms with Gasteiger partial charge in [-0.05, 0) is 12.5 Å². The highest BCUT2D eigenvalue weighted by Gasteiger charge is 2.52. The van der Waals surface area contributed by atoms with Crippen molar-refractivity contribution in [3.8, 4) is 0 Å². The van der Waals surface area contributed by atoms with E-state index in [2.05, 4.69) is 4.99 Å². The zero-order chi connectivity index (χ0) is 16.9. The summed E-state index contributed by atoms with van der Waals surface area (Å²) in [7, 11) is 0. The zero-order valence-electron chi connectivity index (χ0n) is 13.1. The Kier molecular flexibility index (Phi) is 4.29. The number of hydrogen-bond donors (Lipinski definition) is 1. The van der Waals surface area contributed by atoms with Crippen LogP contribution in [-0.2, 0) is 11.9 Å². The number of halogens is 4. The van der Waals surface area contributed by atoms with Crippen molar-refractivity contribution in [2.24, 2.45) is 4.99 Å². The Hall–Kier alpha value is -2.05. The monoisotopic (exact) mass is 368 g/mol. The van der Waals surface area contributed by atoms with Crippen LogP contribution in [0.4, 0.5) is 13.2 Å². The van der Waals surface area contributed by atoms with Gasteiger partial charge in [-0.2, -0.15) is 13.2 Å². The van der Waals surface area contributed by atoms with Gasteiger partial charge in [0.2, 0.25) is 0 Å². The summed E-state index contributed by atoms with van der Waals surface area (Å²) in [6.07, 6.45) is -3.86. The second-order valence-electron chi connectivity index (χ2n) is 5.97. The molecule has 1 unspecified atom stereocenters. The van der Waals surface area contributed by atoms with E-state index in [0.29, 0.717) is 36.5 Å². The molecular weight excluding hydrogens is 353 g/mol. The average molecular weight is 369 g/mol. The summed E-state index contributed by atoms with van der Waals surface area (Å²) in [5, 5.41) is 11.5. The first kappa shape index (κ1) is 17.8. The predicted molar refractivity (Wildman–Crippen MR) is 90.9 cm³/mol. The summed E-state index contributed by atoms with van der Waals surface area (Å²) >= 11 is 0. The van der Waals surface area contributed by atoms with E-state index in [0.717, 1.165) is 6.07 Å². The maximum Gasteiger partial charge on any atom is 0.416 e. The van der Waals surface area contributed by atoms with Crippen LogP contribution in [0.25, 0.3) is 0 Å². The molecule has 0 bridgehead atoms. The van der Waals surface area contributed by atoms with Gasteiger partial charge >= 0.3 is 6.18 Å². The Morgan fingerprint density at radius 3 is 2.36 bits per heavy atom. The highest BCUT2D eigenvalue weighted by atomic mass is 35.5. The number of amidine groups is 1. The van der Waals surface area contributed by atoms with Crippen LogP contribution in [0.1, 0.15) is 28.7 Å². The molecule has 0 saturated carbocycles. The van der Waals surface area contributed by atoms with Crippen molar-refractivity contribution < 1.29 is 18.3 Å². The second-order valence-corrected chi connectivity index (χ2v) is 5.97. The Labute approximate surface area is 149 Å². The Bertz CT molecular complexity index is 837. The molecule has 1 atom stereocenters. The molecule has 0 radical (unpaired) electrons. The number of hydrogen-bond acceptors (Lipinski definition) is 3. The molecule has 7 heteroatoms. The predicted octanol–water partition coefficient (Wildman–Crippen LogP) is 3.79. The van der Waals surface area contributed by atoms with Crippen LogP contribution in [0.5, 0.6) is 0 Å². The van der Waals surface area contributed by atoms with Crippen LogP contribution < -0.4 is 0 Å². The van der Waals surface area contributed by atoms with Crippen molar-refractivity contribution in [1.82, 2.24) is 4.90 Å². The van der Waals surface area contributed by atoms with Gasteiger partial charge in [0.25, 0.3) is 0 Å². The molecule has 0 spiro atoms. The third-order valence-electron chi connectivity index (χ3n) is 4.60. The molecule has 2 heterocycles. The molecule has 0 saturated heterocycles. The fourth-order valence-corrected chi connectivity index (χ4v) is 3.60. The minimum absolute atomic E-state index is 0. The summed E-state index contributed by atoms with van der Waals surface area (Å²) < 4.78 is 40.5. The van der Waals surface area contributed by atoms with Gasteiger partial charge in [-0.25, -0.2) is 0 Å². The average Bonchev–Trinajstić information content (AvgIpc) is 2.85. The first-order valence-electron chi connectivity index (χ1n) is 7.75. The van der Waals surface area contributed by atoms with Crippen LogP contribution in [-0.4, -0.2) is 28.9 Å². The molecule has 132 valence electrons. The van der Waals surface area contributed by atoms with Gasteiger partial charge in [0.05, 0.1) is 5.56 Å². The van der Waals surface area contributed by atoms with Gasteiger partial charge in [0, 0.05) is 29.8 Å². The third kappa shape index (κ3) is 2.51. The first-order valence-corrected chi connectivity index (χ1v) is 7.75. The summed E-state index contributed by atoms with van der Waals surface area (Å²) in [6.45, 7) is 1.06. The fraction of sp³-hybridized carbons (Fsp3) is 0.278. The molecule has 4 rings (SSSR count). The van der Waals surface area contributed by atoms with Crippen molar-refractivity contribution in [2.45, 2.75) is 18.3 Å². The van der Waals surface area contributed by atoms with E-state index >= 15 is 0 Å². The molecule has 3 nitrogen and oxygen atoms in total. The number of benzene rings is 2. The normalized spacial score (nSPS) is 21.9. The number of rotatable bonds is 1. The minimum atomic E-state index is -4.54. The Balaban J connectivity index is 0.00000182. The zero-order valence-corrected chi connectivity index (χ0v) is 13.9. The first-order chi connectivity index (χ1) is 11.4. The summed E-state index contributed by atoms with van der Waals surface area (Å²) in [5.74, 6) is 0.566. The molecule has 0 aliphatic carbocycles. The van der Waals surface area contributed by atoms with E-state index in [1.54, 1.807) is 29.2 Å². The van der Waals surface area contributed by atoms with Crippen LogP contribution in [0, 0.1) is 0 Å². The lowest BCUT2D eigenvalue weighted by Gasteiger charge is -2.38. The van der Waals surface area contributed by atoms with Gasteiger partial charge in [-0.15, -0.1) is 12.4 Å². The molecule has 0 aromatic heterocycles. The summed E-state index contributed by atoms with van der Waals surface area (Å²) in [4.78, 5) is 6.04. The second kappa shape index (κ2) is 6.04. The van der Waals surface area contributed by atoms with Crippen LogP contribution in [0.3, 0.4) is 0 Å². The Morgan fingerprint density at radius 1 is 1.00 bits per heavy atom. The lowest BCUT2D eigenvalue weighted by Crippen LogP contribution is -2.48. The summed E-state index contributed by atoms with van der Waals surface area (Å²) in [6, 6.07) is 12.2. The van der Waals surface area contributed by atoms with Gasteiger partial charge < -0.3 is 10.0 Å². The topological polar surface area (TPSA) is 35.8 Å². The van der Waals surface area contributed by atoms with Gasteiger partial charge in [-0.3, -0.25) is 4.99 Å². The molecule has 2 aromatic carbocycles. The van der Waals surface area contributed by atoms with E-state index < -0.39 is 17.5 Å². The molecule has 2 aliphatic rings. The maximum absolute atomic E-state index is 13.5. The van der Waals surface area contributed by atoms with Crippen LogP contribution >= 0.6 is 12.4 Å². The fourth-order valence-electron chi connectivity index (χ4n) is 3.60. The van der Waals surface area contributed by atoms with Gasteiger partial charge in [-0.1, -0.05) is 42.5 Å². The lowest BCUT2D eigenvalue weighted by molar-refractivity contribution is -0.142. The van der Waals surface area contributed by atoms with E-state index in [1.807, 2.05) is 0 Å². The number of aliphatic hydroxyl groups is 1. The van der Waals surface area contributed by atoms with Crippen molar-refractivity contribution in [3.63, 3.8) is 0 Å². The van der Waals surface area contributed by atoms with Crippen molar-refractivity contribution in [3.05, 3.63) is 70.8 Å². The molecule has 0 amide bonds. The van der Waals surface area contributed by atoms with Crippen molar-refractivity contribution >= 4 is 18.2 Å². The van der Waals surface area contributed by atoms with E-state index in [-0.39, 0.29) is 18.0 Å². The van der Waals surface area contributed by atoms with Gasteiger partial charge in [0.15, 0.2) is 5.72 Å². The lowest BCUT2D eigenvalue weighted by atomic mass is 9.90. The van der Waals surface area contributed by atoms with Gasteiger partial charge in [0.1, 0.15) is 5.84 Å². The number of nitrogens with zero attached hydrogens (tertiary/aromatic N) is 2. The SMILES string of the molecule is Cl.OC1(c2ccccc2C(F)(F)F)c2ccccc2C2=NCCCN21. The summed E-state index contributed by atoms with van der Waals surface area (Å²) in [5.41, 5.74) is -1.70. The maximum atomic E-state index is 13.5. The van der Waals surface area contributed by atoms with Crippen molar-refractivity contribution in [1.29, 1.82) is 0 Å². The number of alkyl halides is 3. The standard InChI is InChI=1S/C18H15F3N2O.ClH/c19-18(20,21)15-9-4-3-8-14(15)17(24)13-7-2-1-6-12(13)16-22-10-5-11-23(16)17;/h1-4,6-9,24H,5,10-11H2;1H. The highest BCUT2D eigenvalue weighted by Crippen LogP contribution is 2.47. The smallest absolute Gasteiger partial charge is 0.363 e. The third-order valence-corrected chi connectivity index (χ3v) is 4.60. The van der Waals surface area contributed by atoms with Crippen molar-refractivity contribution in [2.75, 3.05) is 13.1 Å². The Morgan fingerprint density at radius 2 is 1.64 bits per heavy atom. The molecule has 2 aliphatic heterocycles. The van der Waals surface area contributed by atoms with E-state index in [9.17, 15) is 18.3 Å². The van der Waals surface area contributed by atoms with E-state index in [1.165, 1.54) is 18.2 Å². The van der Waals surface area contributed by atoms with E-state index in [4.69, 9.17) is 0 Å². The van der Waals surface area contributed by atoms with Crippen LogP contribution in [0.15, 0.2) is 53.5 Å². The molecule has 1 N–H and O–H groups in total. The minimum Gasteiger partial charge on any atom is -0.363 e. The number of aliphatic imine (C=N–C) groups is 1. The largest absolute Gasteiger partial charge is 0.416 e. The number of fused-ring (bicyclic) bond motifs is 3.